The van der Waals surface area contributed by atoms with Crippen LogP contribution in [0.5, 0.6) is 11.5 Å². The molecule has 0 fully saturated rings. The lowest BCUT2D eigenvalue weighted by molar-refractivity contribution is 0.392. The number of nitrogens with zero attached hydrogens (tertiary/aromatic N) is 3. The summed E-state index contributed by atoms with van der Waals surface area (Å²) in [7, 11) is 3.30. The lowest BCUT2D eigenvalue weighted by atomic mass is 10.2. The molecule has 120 valence electrons. The van der Waals surface area contributed by atoms with E-state index >= 15 is 0 Å². The zero-order valence-corrected chi connectivity index (χ0v) is 13.5. The molecule has 0 amide bonds. The van der Waals surface area contributed by atoms with E-state index in [9.17, 15) is 0 Å². The van der Waals surface area contributed by atoms with Crippen molar-refractivity contribution in [2.45, 2.75) is 19.5 Å². The minimum absolute atomic E-state index is 0.0598. The first-order valence-corrected chi connectivity index (χ1v) is 7.46. The number of hydrogen-bond donors (Lipinski definition) is 1. The Morgan fingerprint density at radius 1 is 1.09 bits per heavy atom. The van der Waals surface area contributed by atoms with Crippen LogP contribution in [-0.2, 0) is 6.54 Å². The van der Waals surface area contributed by atoms with Crippen LogP contribution in [0.15, 0.2) is 42.6 Å². The third-order valence-corrected chi connectivity index (χ3v) is 3.75. The maximum atomic E-state index is 5.30. The van der Waals surface area contributed by atoms with Crippen molar-refractivity contribution in [2.24, 2.45) is 0 Å². The molecule has 1 unspecified atom stereocenters. The fraction of sp³-hybridized carbons (Fsp3) is 0.294. The first-order chi connectivity index (χ1) is 11.2. The molecule has 6 nitrogen and oxygen atoms in total. The predicted octanol–water partition coefficient (Wildman–Crippen LogP) is 2.60. The Hall–Kier alpha value is -2.60. The average molecular weight is 312 g/mol. The third kappa shape index (κ3) is 3.27. The number of benzene rings is 1. The van der Waals surface area contributed by atoms with Gasteiger partial charge in [-0.25, -0.2) is 0 Å². The van der Waals surface area contributed by atoms with Crippen molar-refractivity contribution in [3.05, 3.63) is 54.0 Å². The Labute approximate surface area is 135 Å². The van der Waals surface area contributed by atoms with E-state index in [-0.39, 0.29) is 6.04 Å². The van der Waals surface area contributed by atoms with Gasteiger partial charge < -0.3 is 14.8 Å². The zero-order chi connectivity index (χ0) is 16.2. The number of nitrogens with one attached hydrogen (secondary N) is 1. The van der Waals surface area contributed by atoms with E-state index in [0.717, 1.165) is 28.5 Å². The molecule has 23 heavy (non-hydrogen) atoms. The lowest BCUT2D eigenvalue weighted by Gasteiger charge is -2.14. The molecule has 6 heteroatoms. The van der Waals surface area contributed by atoms with Gasteiger partial charge in [-0.05, 0) is 36.8 Å². The van der Waals surface area contributed by atoms with Crippen LogP contribution in [0.3, 0.4) is 0 Å². The van der Waals surface area contributed by atoms with E-state index in [0.29, 0.717) is 6.54 Å². The molecule has 1 aromatic carbocycles. The first-order valence-electron chi connectivity index (χ1n) is 7.46. The van der Waals surface area contributed by atoms with Crippen LogP contribution >= 0.6 is 0 Å². The number of fused-ring (bicyclic) bond motifs is 1. The predicted molar refractivity (Wildman–Crippen MR) is 87.8 cm³/mol. The van der Waals surface area contributed by atoms with Crippen molar-refractivity contribution in [1.29, 1.82) is 0 Å². The zero-order valence-electron chi connectivity index (χ0n) is 13.5. The van der Waals surface area contributed by atoms with Gasteiger partial charge in [0, 0.05) is 18.8 Å². The molecule has 3 rings (SSSR count). The Morgan fingerprint density at radius 2 is 1.83 bits per heavy atom. The molecule has 0 aliphatic rings. The van der Waals surface area contributed by atoms with Crippen molar-refractivity contribution in [3.8, 4) is 11.5 Å². The quantitative estimate of drug-likeness (QED) is 0.758. The highest BCUT2D eigenvalue weighted by molar-refractivity contribution is 5.39. The number of ether oxygens (including phenoxy) is 2. The van der Waals surface area contributed by atoms with Gasteiger partial charge in [-0.15, -0.1) is 10.2 Å². The molecular weight excluding hydrogens is 292 g/mol. The monoisotopic (exact) mass is 312 g/mol. The van der Waals surface area contributed by atoms with Gasteiger partial charge in [-0.2, -0.15) is 0 Å². The molecule has 0 aliphatic carbocycles. The number of methoxy groups -OCH3 is 2. The fourth-order valence-corrected chi connectivity index (χ4v) is 2.49. The summed E-state index contributed by atoms with van der Waals surface area (Å²) in [4.78, 5) is 0. The van der Waals surface area contributed by atoms with Crippen molar-refractivity contribution in [2.75, 3.05) is 14.2 Å². The van der Waals surface area contributed by atoms with E-state index in [1.807, 2.05) is 47.0 Å². The number of aromatic nitrogens is 3. The summed E-state index contributed by atoms with van der Waals surface area (Å²) in [5, 5.41) is 11.9. The fourth-order valence-electron chi connectivity index (χ4n) is 2.49. The third-order valence-electron chi connectivity index (χ3n) is 3.75. The van der Waals surface area contributed by atoms with Crippen molar-refractivity contribution in [1.82, 2.24) is 19.9 Å². The van der Waals surface area contributed by atoms with E-state index in [1.54, 1.807) is 14.2 Å². The summed E-state index contributed by atoms with van der Waals surface area (Å²) in [5.41, 5.74) is 1.93. The first kappa shape index (κ1) is 15.3. The minimum Gasteiger partial charge on any atom is -0.497 e. The molecule has 1 atom stereocenters. The second kappa shape index (κ2) is 6.66. The van der Waals surface area contributed by atoms with E-state index in [1.165, 1.54) is 0 Å². The van der Waals surface area contributed by atoms with Crippen LogP contribution in [0.25, 0.3) is 5.65 Å². The SMILES string of the molecule is COc1cc(CNC(C)c2nnc3ccccn23)cc(OC)c1. The molecule has 0 radical (unpaired) electrons. The van der Waals surface area contributed by atoms with E-state index in [2.05, 4.69) is 22.4 Å². The number of hydrogen-bond acceptors (Lipinski definition) is 5. The Balaban J connectivity index is 1.75. The molecule has 0 saturated heterocycles. The Morgan fingerprint density at radius 3 is 2.52 bits per heavy atom. The standard InChI is InChI=1S/C17H20N4O2/c1-12(17-20-19-16-6-4-5-7-21(16)17)18-11-13-8-14(22-2)10-15(9-13)23-3/h4-10,12,18H,11H2,1-3H3. The lowest BCUT2D eigenvalue weighted by Crippen LogP contribution is -2.20. The average Bonchev–Trinajstić information content (AvgIpc) is 3.03. The second-order valence-corrected chi connectivity index (χ2v) is 5.31. The maximum absolute atomic E-state index is 5.30. The summed E-state index contributed by atoms with van der Waals surface area (Å²) in [6.45, 7) is 2.75. The minimum atomic E-state index is 0.0598. The van der Waals surface area contributed by atoms with E-state index in [4.69, 9.17) is 9.47 Å². The summed E-state index contributed by atoms with van der Waals surface area (Å²) in [6.07, 6.45) is 1.97. The molecule has 0 spiro atoms. The number of rotatable bonds is 6. The number of pyridine rings is 1. The van der Waals surface area contributed by atoms with Crippen molar-refractivity contribution < 1.29 is 9.47 Å². The Bertz CT molecular complexity index is 778. The van der Waals surface area contributed by atoms with Crippen molar-refractivity contribution in [3.63, 3.8) is 0 Å². The highest BCUT2D eigenvalue weighted by Gasteiger charge is 2.13. The van der Waals surface area contributed by atoms with Gasteiger partial charge in [0.05, 0.1) is 20.3 Å². The van der Waals surface area contributed by atoms with Crippen LogP contribution in [0.2, 0.25) is 0 Å². The molecule has 2 aromatic heterocycles. The van der Waals surface area contributed by atoms with Gasteiger partial charge in [0.1, 0.15) is 11.5 Å². The maximum Gasteiger partial charge on any atom is 0.160 e. The summed E-state index contributed by atoms with van der Waals surface area (Å²) >= 11 is 0. The topological polar surface area (TPSA) is 60.7 Å². The van der Waals surface area contributed by atoms with E-state index < -0.39 is 0 Å². The molecule has 0 bridgehead atoms. The van der Waals surface area contributed by atoms with Crippen molar-refractivity contribution >= 4 is 5.65 Å². The van der Waals surface area contributed by atoms with Gasteiger partial charge in [0.25, 0.3) is 0 Å². The van der Waals surface area contributed by atoms with Gasteiger partial charge in [-0.3, -0.25) is 4.40 Å². The highest BCUT2D eigenvalue weighted by atomic mass is 16.5. The second-order valence-electron chi connectivity index (χ2n) is 5.31. The molecule has 3 aromatic rings. The molecule has 0 aliphatic heterocycles. The van der Waals surface area contributed by atoms with Gasteiger partial charge in [-0.1, -0.05) is 6.07 Å². The molecule has 0 saturated carbocycles. The van der Waals surface area contributed by atoms with Gasteiger partial charge in [0.2, 0.25) is 0 Å². The van der Waals surface area contributed by atoms with Gasteiger partial charge >= 0.3 is 0 Å². The van der Waals surface area contributed by atoms with Crippen LogP contribution in [0.4, 0.5) is 0 Å². The Kier molecular flexibility index (Phi) is 4.43. The normalized spacial score (nSPS) is 12.3. The van der Waals surface area contributed by atoms with Crippen LogP contribution in [0, 0.1) is 0 Å². The molecule has 1 N–H and O–H groups in total. The smallest absolute Gasteiger partial charge is 0.160 e. The summed E-state index contributed by atoms with van der Waals surface area (Å²) in [5.74, 6) is 2.44. The highest BCUT2D eigenvalue weighted by Crippen LogP contribution is 2.23. The largest absolute Gasteiger partial charge is 0.497 e. The van der Waals surface area contributed by atoms with Crippen LogP contribution < -0.4 is 14.8 Å². The van der Waals surface area contributed by atoms with Gasteiger partial charge in [0.15, 0.2) is 11.5 Å². The van der Waals surface area contributed by atoms with Crippen LogP contribution in [0.1, 0.15) is 24.4 Å². The summed E-state index contributed by atoms with van der Waals surface area (Å²) in [6, 6.07) is 11.8. The van der Waals surface area contributed by atoms with Crippen LogP contribution in [-0.4, -0.2) is 28.8 Å². The molecule has 2 heterocycles. The molecular formula is C17H20N4O2. The summed E-state index contributed by atoms with van der Waals surface area (Å²) < 4.78 is 12.6.